The smallest absolute Gasteiger partial charge is 0.122 e. The van der Waals surface area contributed by atoms with Gasteiger partial charge in [0.2, 0.25) is 0 Å². The maximum absolute atomic E-state index is 10.8. The number of likely N-dealkylation sites (tertiary alicyclic amines) is 1. The first-order chi connectivity index (χ1) is 16.6. The van der Waals surface area contributed by atoms with Crippen LogP contribution in [0.5, 0.6) is 5.75 Å². The Bertz CT molecular complexity index is 1100. The van der Waals surface area contributed by atoms with Gasteiger partial charge in [-0.2, -0.15) is 0 Å². The summed E-state index contributed by atoms with van der Waals surface area (Å²) in [5, 5.41) is 14.0. The van der Waals surface area contributed by atoms with Crippen molar-refractivity contribution >= 4 is 24.8 Å². The molecule has 194 valence electrons. The van der Waals surface area contributed by atoms with Crippen LogP contribution in [-0.4, -0.2) is 42.8 Å². The van der Waals surface area contributed by atoms with Crippen molar-refractivity contribution in [1.82, 2.24) is 10.2 Å². The fraction of sp³-hybridized carbons (Fsp3) is 0.400. The van der Waals surface area contributed by atoms with Gasteiger partial charge < -0.3 is 15.2 Å². The van der Waals surface area contributed by atoms with Gasteiger partial charge in [0.15, 0.2) is 0 Å². The third-order valence-corrected chi connectivity index (χ3v) is 7.63. The van der Waals surface area contributed by atoms with Crippen LogP contribution in [0.3, 0.4) is 0 Å². The lowest BCUT2D eigenvalue weighted by molar-refractivity contribution is -0.0674. The van der Waals surface area contributed by atoms with Crippen LogP contribution < -0.4 is 5.32 Å². The number of nitrogens with zero attached hydrogens (tertiary/aromatic N) is 1. The van der Waals surface area contributed by atoms with Crippen molar-refractivity contribution in [2.75, 3.05) is 26.7 Å². The number of hydrogen-bond acceptors (Lipinski definition) is 4. The first-order valence-electron chi connectivity index (χ1n) is 12.6. The molecular weight excluding hydrogens is 491 g/mol. The molecule has 0 aliphatic carbocycles. The highest BCUT2D eigenvalue weighted by molar-refractivity contribution is 5.85. The number of halogens is 2. The highest BCUT2D eigenvalue weighted by Crippen LogP contribution is 2.40. The number of rotatable bonds is 6. The van der Waals surface area contributed by atoms with E-state index in [2.05, 4.69) is 70.9 Å². The zero-order valence-corrected chi connectivity index (χ0v) is 22.8. The van der Waals surface area contributed by atoms with E-state index >= 15 is 0 Å². The summed E-state index contributed by atoms with van der Waals surface area (Å²) in [5.74, 6) is 0.993. The summed E-state index contributed by atoms with van der Waals surface area (Å²) < 4.78 is 6.60. The van der Waals surface area contributed by atoms with Crippen molar-refractivity contribution in [2.24, 2.45) is 5.92 Å². The normalized spacial score (nSPS) is 20.2. The van der Waals surface area contributed by atoms with Crippen LogP contribution >= 0.6 is 24.8 Å². The van der Waals surface area contributed by atoms with E-state index in [9.17, 15) is 5.11 Å². The number of aromatic hydroxyl groups is 1. The number of benzene rings is 3. The lowest BCUT2D eigenvalue weighted by Gasteiger charge is -2.40. The van der Waals surface area contributed by atoms with Crippen molar-refractivity contribution in [3.8, 4) is 16.9 Å². The average molecular weight is 530 g/mol. The number of ether oxygens (including phenoxy) is 1. The van der Waals surface area contributed by atoms with Crippen molar-refractivity contribution in [2.45, 2.75) is 44.9 Å². The van der Waals surface area contributed by atoms with Gasteiger partial charge in [-0.15, -0.1) is 24.8 Å². The predicted octanol–water partition coefficient (Wildman–Crippen LogP) is 6.33. The van der Waals surface area contributed by atoms with Gasteiger partial charge in [0.25, 0.3) is 0 Å². The Labute approximate surface area is 227 Å². The molecule has 2 heterocycles. The topological polar surface area (TPSA) is 44.7 Å². The van der Waals surface area contributed by atoms with E-state index in [4.69, 9.17) is 4.74 Å². The summed E-state index contributed by atoms with van der Waals surface area (Å²) in [6.07, 6.45) is 3.27. The molecule has 3 aromatic rings. The molecule has 0 aromatic heterocycles. The second-order valence-electron chi connectivity index (χ2n) is 9.90. The highest BCUT2D eigenvalue weighted by Gasteiger charge is 2.35. The molecule has 0 saturated carbocycles. The molecule has 0 unspecified atom stereocenters. The van der Waals surface area contributed by atoms with E-state index < -0.39 is 0 Å². The Balaban J connectivity index is 0.00000180. The van der Waals surface area contributed by atoms with Crippen LogP contribution in [0.15, 0.2) is 66.7 Å². The van der Waals surface area contributed by atoms with Crippen molar-refractivity contribution < 1.29 is 9.84 Å². The molecule has 2 atom stereocenters. The molecule has 3 aromatic carbocycles. The number of likely N-dealkylation sites (N-methyl/N-ethyl adjacent to an activating group) is 1. The number of phenolic OH excluding ortho intramolecular Hbond substituents is 1. The van der Waals surface area contributed by atoms with Gasteiger partial charge in [-0.25, -0.2) is 0 Å². The van der Waals surface area contributed by atoms with Gasteiger partial charge >= 0.3 is 0 Å². The summed E-state index contributed by atoms with van der Waals surface area (Å²) in [6, 6.07) is 23.7. The van der Waals surface area contributed by atoms with E-state index in [0.29, 0.717) is 11.7 Å². The summed E-state index contributed by atoms with van der Waals surface area (Å²) in [4.78, 5) is 2.57. The summed E-state index contributed by atoms with van der Waals surface area (Å²) in [7, 11) is 1.96. The van der Waals surface area contributed by atoms with Gasteiger partial charge in [-0.05, 0) is 73.6 Å². The Morgan fingerprint density at radius 1 is 0.917 bits per heavy atom. The Hall–Kier alpha value is -2.08. The summed E-state index contributed by atoms with van der Waals surface area (Å²) in [5.41, 5.74) is 7.10. The quantitative estimate of drug-likeness (QED) is 0.392. The number of fused-ring (bicyclic) bond motifs is 1. The fourth-order valence-electron chi connectivity index (χ4n) is 5.61. The Morgan fingerprint density at radius 2 is 1.58 bits per heavy atom. The molecule has 2 aliphatic heterocycles. The summed E-state index contributed by atoms with van der Waals surface area (Å²) >= 11 is 0. The van der Waals surface area contributed by atoms with E-state index in [1.54, 1.807) is 0 Å². The van der Waals surface area contributed by atoms with Crippen LogP contribution in [0, 0.1) is 12.8 Å². The largest absolute Gasteiger partial charge is 0.507 e. The molecule has 2 N–H and O–H groups in total. The van der Waals surface area contributed by atoms with Crippen molar-refractivity contribution in [3.05, 3.63) is 89.0 Å². The Morgan fingerprint density at radius 3 is 2.25 bits per heavy atom. The Kier molecular flexibility index (Phi) is 10.2. The number of piperidine rings is 1. The van der Waals surface area contributed by atoms with Crippen molar-refractivity contribution in [1.29, 1.82) is 0 Å². The van der Waals surface area contributed by atoms with Crippen LogP contribution in [-0.2, 0) is 17.7 Å². The monoisotopic (exact) mass is 528 g/mol. The highest BCUT2D eigenvalue weighted by atomic mass is 35.5. The first kappa shape index (κ1) is 28.5. The standard InChI is InChI=1S/C30H36N2O2.2ClH/c1-21-8-13-26-27(30(21)33)18-28(34-29(26)19-31-2)25-14-16-32(17-15-25)20-22-9-11-24(12-10-22)23-6-4-3-5-7-23;;/h3-13,25,28-29,31,33H,14-20H2,1-2H3;2*1H/t28-,29-;;/m0../s1. The minimum absolute atomic E-state index is 0. The minimum Gasteiger partial charge on any atom is -0.507 e. The molecule has 0 radical (unpaired) electrons. The zero-order chi connectivity index (χ0) is 23.5. The third kappa shape index (κ3) is 6.24. The molecule has 0 bridgehead atoms. The predicted molar refractivity (Wildman–Crippen MR) is 152 cm³/mol. The molecule has 2 aliphatic rings. The second-order valence-corrected chi connectivity index (χ2v) is 9.90. The van der Waals surface area contributed by atoms with Gasteiger partial charge in [-0.3, -0.25) is 4.90 Å². The van der Waals surface area contributed by atoms with E-state index in [0.717, 1.165) is 62.1 Å². The van der Waals surface area contributed by atoms with Gasteiger partial charge in [0.1, 0.15) is 5.75 Å². The number of aryl methyl sites for hydroxylation is 1. The molecule has 36 heavy (non-hydrogen) atoms. The van der Waals surface area contributed by atoms with Crippen LogP contribution in [0.1, 0.15) is 41.2 Å². The average Bonchev–Trinajstić information content (AvgIpc) is 2.88. The lowest BCUT2D eigenvalue weighted by Crippen LogP contribution is -2.42. The SMILES string of the molecule is CNC[C@@H]1O[C@H](C2CCN(Cc3ccc(-c4ccccc4)cc3)CC2)Cc2c1ccc(C)c2O.Cl.Cl. The molecule has 1 saturated heterocycles. The number of nitrogens with one attached hydrogen (secondary N) is 1. The molecular formula is C30H38Cl2N2O2. The maximum Gasteiger partial charge on any atom is 0.122 e. The van der Waals surface area contributed by atoms with Gasteiger partial charge in [0.05, 0.1) is 12.2 Å². The van der Waals surface area contributed by atoms with Gasteiger partial charge in [-0.1, -0.05) is 66.7 Å². The molecule has 0 amide bonds. The molecule has 0 spiro atoms. The van der Waals surface area contributed by atoms with Crippen LogP contribution in [0.2, 0.25) is 0 Å². The molecule has 1 fully saturated rings. The molecule has 4 nitrogen and oxygen atoms in total. The first-order valence-corrected chi connectivity index (χ1v) is 12.6. The van der Waals surface area contributed by atoms with Crippen molar-refractivity contribution in [3.63, 3.8) is 0 Å². The second kappa shape index (κ2) is 12.9. The number of hydrogen-bond donors (Lipinski definition) is 2. The molecule has 5 rings (SSSR count). The fourth-order valence-corrected chi connectivity index (χ4v) is 5.61. The maximum atomic E-state index is 10.8. The van der Waals surface area contributed by atoms with E-state index in [1.165, 1.54) is 16.7 Å². The molecule has 6 heteroatoms. The van der Waals surface area contributed by atoms with E-state index in [1.807, 2.05) is 20.0 Å². The van der Waals surface area contributed by atoms with Crippen LogP contribution in [0.4, 0.5) is 0 Å². The number of phenols is 1. The summed E-state index contributed by atoms with van der Waals surface area (Å²) in [6.45, 7) is 5.93. The van der Waals surface area contributed by atoms with Crippen LogP contribution in [0.25, 0.3) is 11.1 Å². The third-order valence-electron chi connectivity index (χ3n) is 7.63. The zero-order valence-electron chi connectivity index (χ0n) is 21.2. The van der Waals surface area contributed by atoms with Gasteiger partial charge in [0, 0.05) is 25.1 Å². The lowest BCUT2D eigenvalue weighted by atomic mass is 9.83. The van der Waals surface area contributed by atoms with E-state index in [-0.39, 0.29) is 37.0 Å². The minimum atomic E-state index is 0.